The van der Waals surface area contributed by atoms with E-state index in [1.54, 1.807) is 0 Å². The Balaban J connectivity index is 0. The van der Waals surface area contributed by atoms with Crippen LogP contribution >= 0.6 is 0 Å². The largest absolute Gasteiger partial charge is 0.870 e. The van der Waals surface area contributed by atoms with Crippen molar-refractivity contribution in [1.82, 2.24) is 0 Å². The van der Waals surface area contributed by atoms with Crippen LogP contribution in [0.3, 0.4) is 0 Å². The molecule has 154 valence electrons. The molecule has 0 aromatic carbocycles. The average molecular weight is 382 g/mol. The molecule has 25 heavy (non-hydrogen) atoms. The topological polar surface area (TPSA) is 84.4 Å². The second-order valence-electron chi connectivity index (χ2n) is 7.91. The van der Waals surface area contributed by atoms with E-state index in [4.69, 9.17) is 4.55 Å². The number of hydrogen-bond acceptors (Lipinski definition) is 3. The van der Waals surface area contributed by atoms with Crippen LogP contribution < -0.4 is 0 Å². The van der Waals surface area contributed by atoms with Gasteiger partial charge in [0.1, 0.15) is 0 Å². The van der Waals surface area contributed by atoms with Crippen molar-refractivity contribution < 1.29 is 22.9 Å². The first-order valence-electron chi connectivity index (χ1n) is 10.0. The summed E-state index contributed by atoms with van der Waals surface area (Å²) in [4.78, 5) is 0. The molecule has 0 heterocycles. The summed E-state index contributed by atoms with van der Waals surface area (Å²) in [6, 6.07) is 0. The van der Waals surface area contributed by atoms with Crippen molar-refractivity contribution in [2.45, 2.75) is 90.4 Å². The fraction of sp³-hybridized carbons (Fsp3) is 1.00. The number of nitrogens with zero attached hydrogens (tertiary/aromatic N) is 1. The third-order valence-corrected chi connectivity index (χ3v) is 5.59. The highest BCUT2D eigenvalue weighted by molar-refractivity contribution is 7.85. The predicted molar refractivity (Wildman–Crippen MR) is 106 cm³/mol. The van der Waals surface area contributed by atoms with Crippen LogP contribution in [0.25, 0.3) is 0 Å². The molecule has 0 spiro atoms. The normalized spacial score (nSPS) is 12.2. The summed E-state index contributed by atoms with van der Waals surface area (Å²) in [5.74, 6) is -0.118. The summed E-state index contributed by atoms with van der Waals surface area (Å²) >= 11 is 0. The van der Waals surface area contributed by atoms with Gasteiger partial charge in [0.05, 0.1) is 32.9 Å². The first-order chi connectivity index (χ1) is 11.3. The highest BCUT2D eigenvalue weighted by atomic mass is 32.2. The fourth-order valence-electron chi connectivity index (χ4n) is 3.17. The lowest BCUT2D eigenvalue weighted by atomic mass is 10.1. The van der Waals surface area contributed by atoms with E-state index in [-0.39, 0.29) is 11.2 Å². The Morgan fingerprint density at radius 2 is 1.04 bits per heavy atom. The van der Waals surface area contributed by atoms with Gasteiger partial charge in [-0.05, 0) is 12.8 Å². The van der Waals surface area contributed by atoms with Gasteiger partial charge in [-0.3, -0.25) is 4.55 Å². The predicted octanol–water partition coefficient (Wildman–Crippen LogP) is 4.87. The number of hydrogen-bond donors (Lipinski definition) is 1. The molecule has 0 amide bonds. The Morgan fingerprint density at radius 3 is 1.44 bits per heavy atom. The minimum absolute atomic E-state index is 0. The molecule has 0 aliphatic rings. The first kappa shape index (κ1) is 27.1. The molecular weight excluding hydrogens is 338 g/mol. The lowest BCUT2D eigenvalue weighted by Gasteiger charge is -2.29. The maximum absolute atomic E-state index is 10.7. The van der Waals surface area contributed by atoms with E-state index >= 15 is 0 Å². The van der Waals surface area contributed by atoms with Gasteiger partial charge in [-0.2, -0.15) is 8.42 Å². The van der Waals surface area contributed by atoms with Crippen LogP contribution in [-0.4, -0.2) is 55.9 Å². The summed E-state index contributed by atoms with van der Waals surface area (Å²) in [7, 11) is 0.479. The maximum Gasteiger partial charge on any atom is 0.265 e. The summed E-state index contributed by atoms with van der Waals surface area (Å²) in [6.07, 6.45) is 16.8. The van der Waals surface area contributed by atoms with Gasteiger partial charge in [-0.1, -0.05) is 71.1 Å². The Morgan fingerprint density at radius 1 is 0.680 bits per heavy atom. The zero-order valence-corrected chi connectivity index (χ0v) is 17.7. The van der Waals surface area contributed by atoms with E-state index in [0.717, 1.165) is 17.6 Å². The van der Waals surface area contributed by atoms with E-state index in [1.807, 2.05) is 0 Å². The summed E-state index contributed by atoms with van der Waals surface area (Å²) in [6.45, 7) is 4.15. The van der Waals surface area contributed by atoms with Crippen molar-refractivity contribution in [2.24, 2.45) is 0 Å². The van der Waals surface area contributed by atoms with E-state index in [2.05, 4.69) is 21.0 Å². The average Bonchev–Trinajstić information content (AvgIpc) is 2.46. The number of unbranched alkanes of at least 4 members (excludes halogenated alkanes) is 11. The van der Waals surface area contributed by atoms with Gasteiger partial charge < -0.3 is 9.96 Å². The molecule has 0 atom stereocenters. The van der Waals surface area contributed by atoms with Gasteiger partial charge in [0.25, 0.3) is 10.1 Å². The van der Waals surface area contributed by atoms with Crippen molar-refractivity contribution in [3.63, 3.8) is 0 Å². The van der Waals surface area contributed by atoms with Crippen LogP contribution in [0.1, 0.15) is 90.4 Å². The van der Waals surface area contributed by atoms with Crippen LogP contribution in [0.4, 0.5) is 0 Å². The summed E-state index contributed by atoms with van der Waals surface area (Å²) in [5.41, 5.74) is 0. The molecule has 0 aliphatic carbocycles. The molecule has 0 aromatic rings. The highest BCUT2D eigenvalue weighted by Crippen LogP contribution is 2.13. The molecule has 2 N–H and O–H groups in total. The zero-order valence-electron chi connectivity index (χ0n) is 16.9. The van der Waals surface area contributed by atoms with Gasteiger partial charge in [-0.15, -0.1) is 0 Å². The monoisotopic (exact) mass is 381 g/mol. The molecule has 0 saturated heterocycles. The molecule has 0 aromatic heterocycles. The first-order valence-corrected chi connectivity index (χ1v) is 11.6. The molecule has 0 fully saturated rings. The summed E-state index contributed by atoms with van der Waals surface area (Å²) < 4.78 is 31.1. The molecule has 0 rings (SSSR count). The van der Waals surface area contributed by atoms with Gasteiger partial charge in [0.15, 0.2) is 0 Å². The van der Waals surface area contributed by atoms with Crippen LogP contribution in [-0.2, 0) is 10.1 Å². The third-order valence-electron chi connectivity index (χ3n) is 4.78. The van der Waals surface area contributed by atoms with Crippen LogP contribution in [0, 0.1) is 0 Å². The molecular formula is C19H43NO4S. The Bertz CT molecular complexity index is 383. The Hall–Kier alpha value is -0.170. The second-order valence-corrected chi connectivity index (χ2v) is 9.48. The van der Waals surface area contributed by atoms with E-state index in [9.17, 15) is 8.42 Å². The minimum atomic E-state index is -3.80. The van der Waals surface area contributed by atoms with Gasteiger partial charge in [-0.25, -0.2) is 0 Å². The SMILES string of the molecule is CCCCCCCCCCCCCC[N+](C)(C)CCCS(=O)(=O)O.[OH-]. The molecule has 6 heteroatoms. The van der Waals surface area contributed by atoms with E-state index in [1.165, 1.54) is 77.0 Å². The van der Waals surface area contributed by atoms with Crippen molar-refractivity contribution in [3.05, 3.63) is 0 Å². The van der Waals surface area contributed by atoms with Gasteiger partial charge >= 0.3 is 0 Å². The fourth-order valence-corrected chi connectivity index (χ4v) is 3.66. The number of quaternary nitrogens is 1. The molecule has 5 nitrogen and oxygen atoms in total. The van der Waals surface area contributed by atoms with E-state index < -0.39 is 10.1 Å². The van der Waals surface area contributed by atoms with Gasteiger partial charge in [0, 0.05) is 6.42 Å². The van der Waals surface area contributed by atoms with Gasteiger partial charge in [0.2, 0.25) is 0 Å². The van der Waals surface area contributed by atoms with Crippen LogP contribution in [0.2, 0.25) is 0 Å². The molecule has 0 saturated carbocycles. The standard InChI is InChI=1S/C19H41NO3S.H2O/c1-4-5-6-7-8-9-10-11-12-13-14-15-17-20(2,3)18-16-19-24(21,22)23;/h4-19H2,1-3H3;1H2. The minimum Gasteiger partial charge on any atom is -0.870 e. The quantitative estimate of drug-likeness (QED) is 0.221. The van der Waals surface area contributed by atoms with Crippen molar-refractivity contribution >= 4 is 10.1 Å². The van der Waals surface area contributed by atoms with Crippen molar-refractivity contribution in [2.75, 3.05) is 32.9 Å². The highest BCUT2D eigenvalue weighted by Gasteiger charge is 2.16. The van der Waals surface area contributed by atoms with Crippen LogP contribution in [0.5, 0.6) is 0 Å². The lowest BCUT2D eigenvalue weighted by molar-refractivity contribution is -0.890. The van der Waals surface area contributed by atoms with Crippen LogP contribution in [0.15, 0.2) is 0 Å². The van der Waals surface area contributed by atoms with Crippen molar-refractivity contribution in [3.8, 4) is 0 Å². The Labute approximate surface area is 156 Å². The zero-order chi connectivity index (χ0) is 18.3. The molecule has 0 unspecified atom stereocenters. The summed E-state index contributed by atoms with van der Waals surface area (Å²) in [5, 5.41) is 0. The lowest BCUT2D eigenvalue weighted by Crippen LogP contribution is -2.41. The smallest absolute Gasteiger partial charge is 0.265 e. The molecule has 0 radical (unpaired) electrons. The molecule has 0 aliphatic heterocycles. The van der Waals surface area contributed by atoms with Crippen molar-refractivity contribution in [1.29, 1.82) is 0 Å². The van der Waals surface area contributed by atoms with E-state index in [0.29, 0.717) is 6.42 Å². The maximum atomic E-state index is 10.7. The number of rotatable bonds is 17. The Kier molecular flexibility index (Phi) is 17.4. The molecule has 0 bridgehead atoms. The second kappa shape index (κ2) is 16.0. The third kappa shape index (κ3) is 21.8.